The summed E-state index contributed by atoms with van der Waals surface area (Å²) in [7, 11) is 1.55. The zero-order valence-electron chi connectivity index (χ0n) is 10.4. The van der Waals surface area contributed by atoms with E-state index in [4.69, 9.17) is 9.47 Å². The highest BCUT2D eigenvalue weighted by Gasteiger charge is 2.50. The third-order valence-electron chi connectivity index (χ3n) is 3.47. The van der Waals surface area contributed by atoms with E-state index in [0.29, 0.717) is 13.0 Å². The molecule has 0 saturated heterocycles. The molecule has 4 nitrogen and oxygen atoms in total. The van der Waals surface area contributed by atoms with Crippen LogP contribution in [0, 0.1) is 11.3 Å². The summed E-state index contributed by atoms with van der Waals surface area (Å²) in [6, 6.07) is 0. The quantitative estimate of drug-likeness (QED) is 0.741. The summed E-state index contributed by atoms with van der Waals surface area (Å²) in [6.45, 7) is 4.31. The molecule has 0 amide bonds. The van der Waals surface area contributed by atoms with Crippen LogP contribution in [0.2, 0.25) is 0 Å². The smallest absolute Gasteiger partial charge is 0.317 e. The van der Waals surface area contributed by atoms with Crippen LogP contribution in [-0.4, -0.2) is 37.5 Å². The number of hydrogen-bond acceptors (Lipinski definition) is 4. The Hall–Kier alpha value is -0.610. The monoisotopic (exact) mass is 230 g/mol. The average Bonchev–Trinajstić information content (AvgIpc) is 2.25. The zero-order chi connectivity index (χ0) is 12.2. The standard InChI is InChI=1S/C12H22O4/c1-4-16-11(14)12(8-15-3)7-5-6-9(2)10(12)13/h9-10,13H,4-8H2,1-3H3. The summed E-state index contributed by atoms with van der Waals surface area (Å²) < 4.78 is 10.2. The third-order valence-corrected chi connectivity index (χ3v) is 3.47. The van der Waals surface area contributed by atoms with E-state index in [-0.39, 0.29) is 18.5 Å². The van der Waals surface area contributed by atoms with Gasteiger partial charge in [-0.05, 0) is 25.7 Å². The Morgan fingerprint density at radius 1 is 1.56 bits per heavy atom. The van der Waals surface area contributed by atoms with Gasteiger partial charge in [-0.1, -0.05) is 13.3 Å². The Morgan fingerprint density at radius 2 is 2.25 bits per heavy atom. The maximum Gasteiger partial charge on any atom is 0.317 e. The summed E-state index contributed by atoms with van der Waals surface area (Å²) >= 11 is 0. The van der Waals surface area contributed by atoms with E-state index in [2.05, 4.69) is 0 Å². The SMILES string of the molecule is CCOC(=O)C1(COC)CCCC(C)C1O. The summed E-state index contributed by atoms with van der Waals surface area (Å²) in [5.41, 5.74) is -0.859. The molecule has 1 aliphatic rings. The minimum absolute atomic E-state index is 0.119. The molecule has 0 radical (unpaired) electrons. The number of methoxy groups -OCH3 is 1. The van der Waals surface area contributed by atoms with Gasteiger partial charge in [-0.15, -0.1) is 0 Å². The van der Waals surface area contributed by atoms with Gasteiger partial charge in [0.15, 0.2) is 0 Å². The molecule has 0 bridgehead atoms. The van der Waals surface area contributed by atoms with Crippen molar-refractivity contribution >= 4 is 5.97 Å². The highest BCUT2D eigenvalue weighted by atomic mass is 16.5. The van der Waals surface area contributed by atoms with Crippen molar-refractivity contribution in [2.24, 2.45) is 11.3 Å². The second-order valence-corrected chi connectivity index (χ2v) is 4.62. The van der Waals surface area contributed by atoms with E-state index >= 15 is 0 Å². The fourth-order valence-electron chi connectivity index (χ4n) is 2.56. The Labute approximate surface area is 96.9 Å². The normalized spacial score (nSPS) is 34.8. The number of rotatable bonds is 4. The van der Waals surface area contributed by atoms with Gasteiger partial charge in [0.25, 0.3) is 0 Å². The lowest BCUT2D eigenvalue weighted by molar-refractivity contribution is -0.176. The van der Waals surface area contributed by atoms with Crippen LogP contribution in [-0.2, 0) is 14.3 Å². The topological polar surface area (TPSA) is 55.8 Å². The molecule has 16 heavy (non-hydrogen) atoms. The fraction of sp³-hybridized carbons (Fsp3) is 0.917. The molecule has 0 aromatic carbocycles. The minimum Gasteiger partial charge on any atom is -0.465 e. The summed E-state index contributed by atoms with van der Waals surface area (Å²) in [6.07, 6.45) is 1.86. The van der Waals surface area contributed by atoms with Gasteiger partial charge in [0.2, 0.25) is 0 Å². The summed E-state index contributed by atoms with van der Waals surface area (Å²) in [4.78, 5) is 12.0. The van der Waals surface area contributed by atoms with Crippen molar-refractivity contribution in [2.75, 3.05) is 20.3 Å². The second-order valence-electron chi connectivity index (χ2n) is 4.62. The minimum atomic E-state index is -0.859. The fourth-order valence-corrected chi connectivity index (χ4v) is 2.56. The van der Waals surface area contributed by atoms with Crippen molar-refractivity contribution in [1.82, 2.24) is 0 Å². The molecule has 1 N–H and O–H groups in total. The number of esters is 1. The van der Waals surface area contributed by atoms with Crippen LogP contribution in [0.1, 0.15) is 33.1 Å². The van der Waals surface area contributed by atoms with E-state index in [1.54, 1.807) is 14.0 Å². The number of ether oxygens (including phenoxy) is 2. The molecule has 1 fully saturated rings. The van der Waals surface area contributed by atoms with Crippen LogP contribution in [0.4, 0.5) is 0 Å². The average molecular weight is 230 g/mol. The summed E-state index contributed by atoms with van der Waals surface area (Å²) in [5, 5.41) is 10.2. The first-order valence-electron chi connectivity index (χ1n) is 5.92. The molecule has 0 aromatic heterocycles. The van der Waals surface area contributed by atoms with Crippen LogP contribution in [0.25, 0.3) is 0 Å². The maximum absolute atomic E-state index is 12.0. The van der Waals surface area contributed by atoms with Gasteiger partial charge in [-0.2, -0.15) is 0 Å². The zero-order valence-corrected chi connectivity index (χ0v) is 10.4. The van der Waals surface area contributed by atoms with Crippen molar-refractivity contribution in [2.45, 2.75) is 39.2 Å². The lowest BCUT2D eigenvalue weighted by Gasteiger charge is -2.41. The molecule has 1 aliphatic carbocycles. The third kappa shape index (κ3) is 2.38. The van der Waals surface area contributed by atoms with E-state index in [1.165, 1.54) is 0 Å². The largest absolute Gasteiger partial charge is 0.465 e. The molecule has 4 heteroatoms. The van der Waals surface area contributed by atoms with Crippen molar-refractivity contribution < 1.29 is 19.4 Å². The van der Waals surface area contributed by atoms with Crippen LogP contribution in [0.3, 0.4) is 0 Å². The first kappa shape index (κ1) is 13.5. The van der Waals surface area contributed by atoms with Crippen molar-refractivity contribution in [3.8, 4) is 0 Å². The molecule has 1 rings (SSSR count). The van der Waals surface area contributed by atoms with Crippen LogP contribution in [0.15, 0.2) is 0 Å². The van der Waals surface area contributed by atoms with Gasteiger partial charge in [0.05, 0.1) is 19.3 Å². The molecular formula is C12H22O4. The van der Waals surface area contributed by atoms with Gasteiger partial charge in [-0.25, -0.2) is 0 Å². The van der Waals surface area contributed by atoms with Gasteiger partial charge in [0.1, 0.15) is 5.41 Å². The highest BCUT2D eigenvalue weighted by molar-refractivity contribution is 5.78. The van der Waals surface area contributed by atoms with E-state index in [0.717, 1.165) is 12.8 Å². The van der Waals surface area contributed by atoms with Crippen LogP contribution < -0.4 is 0 Å². The van der Waals surface area contributed by atoms with Crippen molar-refractivity contribution in [3.63, 3.8) is 0 Å². The number of aliphatic hydroxyl groups excluding tert-OH is 1. The lowest BCUT2D eigenvalue weighted by atomic mass is 9.68. The molecule has 0 heterocycles. The molecule has 0 spiro atoms. The summed E-state index contributed by atoms with van der Waals surface area (Å²) in [5.74, 6) is -0.204. The van der Waals surface area contributed by atoms with E-state index in [9.17, 15) is 9.90 Å². The maximum atomic E-state index is 12.0. The first-order chi connectivity index (χ1) is 7.58. The predicted octanol–water partition coefficient (Wildman–Crippen LogP) is 1.36. The van der Waals surface area contributed by atoms with Gasteiger partial charge in [0, 0.05) is 7.11 Å². The van der Waals surface area contributed by atoms with Crippen molar-refractivity contribution in [1.29, 1.82) is 0 Å². The van der Waals surface area contributed by atoms with Gasteiger partial charge < -0.3 is 14.6 Å². The van der Waals surface area contributed by atoms with Crippen LogP contribution >= 0.6 is 0 Å². The molecule has 3 atom stereocenters. The second kappa shape index (κ2) is 5.64. The molecule has 3 unspecified atom stereocenters. The molecule has 94 valence electrons. The predicted molar refractivity (Wildman–Crippen MR) is 60.0 cm³/mol. The number of hydrogen-bond donors (Lipinski definition) is 1. The Kier molecular flexibility index (Phi) is 4.74. The van der Waals surface area contributed by atoms with Gasteiger partial charge in [-0.3, -0.25) is 4.79 Å². The Bertz CT molecular complexity index is 237. The Morgan fingerprint density at radius 3 is 2.81 bits per heavy atom. The molecular weight excluding hydrogens is 208 g/mol. The number of carbonyl (C=O) groups excluding carboxylic acids is 1. The number of carbonyl (C=O) groups is 1. The highest BCUT2D eigenvalue weighted by Crippen LogP contribution is 2.40. The van der Waals surface area contributed by atoms with Crippen molar-refractivity contribution in [3.05, 3.63) is 0 Å². The van der Waals surface area contributed by atoms with E-state index in [1.807, 2.05) is 6.92 Å². The molecule has 1 saturated carbocycles. The van der Waals surface area contributed by atoms with E-state index < -0.39 is 11.5 Å². The lowest BCUT2D eigenvalue weighted by Crippen LogP contribution is -2.52. The molecule has 0 aliphatic heterocycles. The number of aliphatic hydroxyl groups is 1. The van der Waals surface area contributed by atoms with Crippen LogP contribution in [0.5, 0.6) is 0 Å². The first-order valence-corrected chi connectivity index (χ1v) is 5.92. The molecule has 0 aromatic rings. The van der Waals surface area contributed by atoms with Gasteiger partial charge >= 0.3 is 5.97 Å². The Balaban J connectivity index is 2.89.